The quantitative estimate of drug-likeness (QED) is 0.649. The Morgan fingerprint density at radius 2 is 1.67 bits per heavy atom. The van der Waals surface area contributed by atoms with E-state index < -0.39 is 25.1 Å². The molecule has 0 saturated carbocycles. The predicted octanol–water partition coefficient (Wildman–Crippen LogP) is -0.844. The van der Waals surface area contributed by atoms with Crippen LogP contribution in [0.5, 0.6) is 0 Å². The molecule has 0 aromatic carbocycles. The maximum atomic E-state index is 12.4. The first-order chi connectivity index (χ1) is 9.58. The van der Waals surface area contributed by atoms with Gasteiger partial charge in [-0.05, 0) is 13.8 Å². The molecule has 2 aliphatic rings. The van der Waals surface area contributed by atoms with Crippen LogP contribution in [0.1, 0.15) is 13.8 Å². The second-order valence-electron chi connectivity index (χ2n) is 6.38. The molecular formula is C12H24N2O5S2. The SMILES string of the molecule is COCC(C)(C)N1CCN(S(=O)(=O)C2CS(=O)(=O)C2)CC1. The van der Waals surface area contributed by atoms with E-state index in [2.05, 4.69) is 18.7 Å². The molecule has 0 atom stereocenters. The number of piperazine rings is 1. The molecule has 2 rings (SSSR count). The van der Waals surface area contributed by atoms with E-state index in [4.69, 9.17) is 4.74 Å². The Morgan fingerprint density at radius 1 is 1.14 bits per heavy atom. The lowest BCUT2D eigenvalue weighted by atomic mass is 10.0. The summed E-state index contributed by atoms with van der Waals surface area (Å²) in [7, 11) is -4.96. The molecule has 0 N–H and O–H groups in total. The van der Waals surface area contributed by atoms with E-state index in [0.717, 1.165) is 0 Å². The molecule has 2 saturated heterocycles. The molecule has 7 nitrogen and oxygen atoms in total. The summed E-state index contributed by atoms with van der Waals surface area (Å²) in [5, 5.41) is -0.749. The van der Waals surface area contributed by atoms with Gasteiger partial charge < -0.3 is 4.74 Å². The molecule has 0 bridgehead atoms. The van der Waals surface area contributed by atoms with Crippen LogP contribution in [0.4, 0.5) is 0 Å². The van der Waals surface area contributed by atoms with E-state index in [9.17, 15) is 16.8 Å². The van der Waals surface area contributed by atoms with Crippen LogP contribution in [-0.4, -0.2) is 88.2 Å². The van der Waals surface area contributed by atoms with E-state index >= 15 is 0 Å². The molecule has 0 aromatic rings. The zero-order valence-electron chi connectivity index (χ0n) is 12.8. The second-order valence-corrected chi connectivity index (χ2v) is 10.7. The summed E-state index contributed by atoms with van der Waals surface area (Å²) in [6.45, 7) is 6.81. The average Bonchev–Trinajstić information content (AvgIpc) is 2.36. The number of hydrogen-bond acceptors (Lipinski definition) is 6. The van der Waals surface area contributed by atoms with Crippen molar-refractivity contribution >= 4 is 19.9 Å². The zero-order valence-corrected chi connectivity index (χ0v) is 14.4. The Balaban J connectivity index is 1.95. The fraction of sp³-hybridized carbons (Fsp3) is 1.00. The number of sulfonamides is 1. The van der Waals surface area contributed by atoms with Gasteiger partial charge in [0.2, 0.25) is 10.0 Å². The summed E-state index contributed by atoms with van der Waals surface area (Å²) in [5.74, 6) is -0.463. The van der Waals surface area contributed by atoms with Crippen LogP contribution in [-0.2, 0) is 24.6 Å². The fourth-order valence-corrected chi connectivity index (χ4v) is 7.64. The van der Waals surface area contributed by atoms with E-state index in [-0.39, 0.29) is 17.0 Å². The Bertz CT molecular complexity index is 565. The number of sulfone groups is 1. The number of methoxy groups -OCH3 is 1. The largest absolute Gasteiger partial charge is 0.383 e. The monoisotopic (exact) mass is 340 g/mol. The molecule has 0 radical (unpaired) electrons. The minimum atomic E-state index is -3.48. The molecule has 2 aliphatic heterocycles. The average molecular weight is 340 g/mol. The first-order valence-electron chi connectivity index (χ1n) is 7.02. The summed E-state index contributed by atoms with van der Waals surface area (Å²) in [4.78, 5) is 2.21. The van der Waals surface area contributed by atoms with E-state index in [1.165, 1.54) is 4.31 Å². The molecule has 124 valence electrons. The van der Waals surface area contributed by atoms with Gasteiger partial charge in [-0.2, -0.15) is 4.31 Å². The smallest absolute Gasteiger partial charge is 0.219 e. The van der Waals surface area contributed by atoms with Crippen molar-refractivity contribution in [3.8, 4) is 0 Å². The highest BCUT2D eigenvalue weighted by Gasteiger charge is 2.46. The van der Waals surface area contributed by atoms with Crippen molar-refractivity contribution in [2.24, 2.45) is 0 Å². The van der Waals surface area contributed by atoms with Crippen molar-refractivity contribution in [1.82, 2.24) is 9.21 Å². The molecule has 21 heavy (non-hydrogen) atoms. The van der Waals surface area contributed by atoms with Crippen LogP contribution in [0.15, 0.2) is 0 Å². The Morgan fingerprint density at radius 3 is 2.10 bits per heavy atom. The van der Waals surface area contributed by atoms with Gasteiger partial charge in [0.25, 0.3) is 0 Å². The minimum Gasteiger partial charge on any atom is -0.383 e. The molecule has 0 spiro atoms. The van der Waals surface area contributed by atoms with Crippen molar-refractivity contribution in [3.05, 3.63) is 0 Å². The number of rotatable bonds is 5. The molecule has 9 heteroatoms. The van der Waals surface area contributed by atoms with Crippen LogP contribution >= 0.6 is 0 Å². The van der Waals surface area contributed by atoms with Crippen LogP contribution in [0.2, 0.25) is 0 Å². The van der Waals surface area contributed by atoms with Crippen molar-refractivity contribution in [2.45, 2.75) is 24.6 Å². The van der Waals surface area contributed by atoms with E-state index in [1.807, 2.05) is 0 Å². The first-order valence-corrected chi connectivity index (χ1v) is 10.3. The summed E-state index contributed by atoms with van der Waals surface area (Å²) in [6, 6.07) is 0. The van der Waals surface area contributed by atoms with Gasteiger partial charge in [0.15, 0.2) is 9.84 Å². The maximum absolute atomic E-state index is 12.4. The minimum absolute atomic E-state index is 0.135. The molecule has 0 unspecified atom stereocenters. The predicted molar refractivity (Wildman–Crippen MR) is 80.5 cm³/mol. The lowest BCUT2D eigenvalue weighted by Crippen LogP contribution is -2.60. The fourth-order valence-electron chi connectivity index (χ4n) is 2.89. The van der Waals surface area contributed by atoms with Crippen molar-refractivity contribution in [1.29, 1.82) is 0 Å². The van der Waals surface area contributed by atoms with Gasteiger partial charge in [0.05, 0.1) is 18.1 Å². The topological polar surface area (TPSA) is 84.0 Å². The van der Waals surface area contributed by atoms with E-state index in [0.29, 0.717) is 32.8 Å². The highest BCUT2D eigenvalue weighted by Crippen LogP contribution is 2.25. The maximum Gasteiger partial charge on any atom is 0.219 e. The van der Waals surface area contributed by atoms with Gasteiger partial charge in [-0.15, -0.1) is 0 Å². The molecule has 2 heterocycles. The highest BCUT2D eigenvalue weighted by molar-refractivity contribution is 7.98. The third-order valence-corrected chi connectivity index (χ3v) is 8.76. The van der Waals surface area contributed by atoms with Crippen molar-refractivity contribution < 1.29 is 21.6 Å². The lowest BCUT2D eigenvalue weighted by Gasteiger charge is -2.44. The second kappa shape index (κ2) is 5.77. The van der Waals surface area contributed by atoms with Crippen LogP contribution in [0.25, 0.3) is 0 Å². The molecule has 2 fully saturated rings. The van der Waals surface area contributed by atoms with Gasteiger partial charge in [-0.25, -0.2) is 16.8 Å². The number of nitrogens with zero attached hydrogens (tertiary/aromatic N) is 2. The molecule has 0 aromatic heterocycles. The number of ether oxygens (including phenoxy) is 1. The highest BCUT2D eigenvalue weighted by atomic mass is 32.2. The number of hydrogen-bond donors (Lipinski definition) is 0. The van der Waals surface area contributed by atoms with Gasteiger partial charge in [-0.3, -0.25) is 4.90 Å². The molecule has 0 amide bonds. The molecule has 0 aliphatic carbocycles. The van der Waals surface area contributed by atoms with Crippen LogP contribution in [0.3, 0.4) is 0 Å². The van der Waals surface area contributed by atoms with E-state index in [1.54, 1.807) is 7.11 Å². The Labute approximate surface area is 127 Å². The normalized spacial score (nSPS) is 25.7. The Kier molecular flexibility index (Phi) is 4.71. The van der Waals surface area contributed by atoms with Crippen molar-refractivity contribution in [2.75, 3.05) is 51.4 Å². The summed E-state index contributed by atoms with van der Waals surface area (Å²) < 4.78 is 53.7. The van der Waals surface area contributed by atoms with Gasteiger partial charge >= 0.3 is 0 Å². The summed E-state index contributed by atoms with van der Waals surface area (Å²) in [6.07, 6.45) is 0. The van der Waals surface area contributed by atoms with Gasteiger partial charge in [0.1, 0.15) is 5.25 Å². The summed E-state index contributed by atoms with van der Waals surface area (Å²) >= 11 is 0. The molecular weight excluding hydrogens is 316 g/mol. The van der Waals surface area contributed by atoms with Crippen molar-refractivity contribution in [3.63, 3.8) is 0 Å². The third-order valence-electron chi connectivity index (χ3n) is 4.25. The van der Waals surface area contributed by atoms with Gasteiger partial charge in [-0.1, -0.05) is 0 Å². The first kappa shape index (κ1) is 17.1. The standard InChI is InChI=1S/C12H24N2O5S2/c1-12(2,10-19-3)13-4-6-14(7-5-13)21(17,18)11-8-20(15,16)9-11/h11H,4-10H2,1-3H3. The lowest BCUT2D eigenvalue weighted by molar-refractivity contribution is 0.0152. The Hall–Kier alpha value is -0.220. The van der Waals surface area contributed by atoms with Crippen LogP contribution < -0.4 is 0 Å². The third kappa shape index (κ3) is 3.58. The zero-order chi connectivity index (χ0) is 15.9. The summed E-state index contributed by atoms with van der Waals surface area (Å²) in [5.41, 5.74) is -0.135. The van der Waals surface area contributed by atoms with Gasteiger partial charge in [0, 0.05) is 38.8 Å². The van der Waals surface area contributed by atoms with Crippen LogP contribution in [0, 0.1) is 0 Å².